The first-order valence-electron chi connectivity index (χ1n) is 12.4. The molecule has 8 nitrogen and oxygen atoms in total. The third-order valence-electron chi connectivity index (χ3n) is 6.60. The zero-order valence-electron chi connectivity index (χ0n) is 20.2. The van der Waals surface area contributed by atoms with E-state index in [0.717, 1.165) is 30.5 Å². The number of aromatic amines is 1. The number of aromatic nitrogens is 2. The summed E-state index contributed by atoms with van der Waals surface area (Å²) in [5.41, 5.74) is 1.50. The van der Waals surface area contributed by atoms with E-state index in [9.17, 15) is 9.59 Å². The number of nitrogens with zero attached hydrogens (tertiary/aromatic N) is 2. The van der Waals surface area contributed by atoms with Crippen LogP contribution in [0.5, 0.6) is 6.01 Å². The summed E-state index contributed by atoms with van der Waals surface area (Å²) in [4.78, 5) is 37.3. The fourth-order valence-electron chi connectivity index (χ4n) is 4.75. The van der Waals surface area contributed by atoms with Gasteiger partial charge in [-0.25, -0.2) is 4.79 Å². The topological polar surface area (TPSA) is 107 Å². The highest BCUT2D eigenvalue weighted by molar-refractivity contribution is 5.86. The van der Waals surface area contributed by atoms with Crippen molar-refractivity contribution in [3.05, 3.63) is 92.6 Å². The smallest absolute Gasteiger partial charge is 0.337 e. The van der Waals surface area contributed by atoms with Gasteiger partial charge in [0.2, 0.25) is 5.71 Å². The molecule has 3 atom stereocenters. The molecule has 0 spiro atoms. The minimum absolute atomic E-state index is 0.0429. The molecular weight excluding hydrogens is 458 g/mol. The number of hydrogen-bond donors (Lipinski definition) is 1. The van der Waals surface area contributed by atoms with E-state index in [1.165, 1.54) is 6.07 Å². The van der Waals surface area contributed by atoms with Gasteiger partial charge in [0, 0.05) is 24.8 Å². The monoisotopic (exact) mass is 487 g/mol. The molecule has 1 fully saturated rings. The number of benzene rings is 1. The molecule has 3 heterocycles. The van der Waals surface area contributed by atoms with E-state index in [0.29, 0.717) is 24.8 Å². The van der Waals surface area contributed by atoms with E-state index in [1.54, 1.807) is 0 Å². The lowest BCUT2D eigenvalue weighted by molar-refractivity contribution is -0.0403. The van der Waals surface area contributed by atoms with Gasteiger partial charge in [-0.2, -0.15) is 4.98 Å². The normalized spacial score (nSPS) is 22.8. The van der Waals surface area contributed by atoms with Gasteiger partial charge in [0.15, 0.2) is 0 Å². The number of allylic oxidation sites excluding steroid dienone is 3. The summed E-state index contributed by atoms with van der Waals surface area (Å²) >= 11 is 0. The molecule has 36 heavy (non-hydrogen) atoms. The maximum absolute atomic E-state index is 12.8. The van der Waals surface area contributed by atoms with Gasteiger partial charge in [0.25, 0.3) is 5.56 Å². The second kappa shape index (κ2) is 10.9. The van der Waals surface area contributed by atoms with E-state index >= 15 is 0 Å². The summed E-state index contributed by atoms with van der Waals surface area (Å²) < 4.78 is 11.7. The van der Waals surface area contributed by atoms with Crippen LogP contribution in [0.1, 0.15) is 56.3 Å². The molecule has 1 N–H and O–H groups in total. The second-order valence-corrected chi connectivity index (χ2v) is 9.19. The molecule has 0 saturated carbocycles. The first-order chi connectivity index (χ1) is 17.6. The van der Waals surface area contributed by atoms with E-state index in [2.05, 4.69) is 27.3 Å². The van der Waals surface area contributed by atoms with Crippen molar-refractivity contribution < 1.29 is 14.0 Å². The van der Waals surface area contributed by atoms with Gasteiger partial charge in [-0.05, 0) is 30.4 Å². The van der Waals surface area contributed by atoms with Crippen molar-refractivity contribution in [2.24, 2.45) is 11.1 Å². The average molecular weight is 488 g/mol. The molecule has 0 radical (unpaired) electrons. The lowest BCUT2D eigenvalue weighted by Gasteiger charge is -2.35. The minimum atomic E-state index is -0.545. The summed E-state index contributed by atoms with van der Waals surface area (Å²) in [7, 11) is 0. The number of H-pyrrole nitrogens is 1. The Hall–Kier alpha value is -3.78. The Kier molecular flexibility index (Phi) is 7.23. The molecule has 2 aromatic heterocycles. The molecule has 0 bridgehead atoms. The Bertz CT molecular complexity index is 1420. The molecule has 5 rings (SSSR count). The summed E-state index contributed by atoms with van der Waals surface area (Å²) in [6, 6.07) is 11.3. The molecule has 1 unspecified atom stereocenters. The number of aryl methyl sites for hydroxylation is 1. The molecule has 1 aromatic carbocycles. The van der Waals surface area contributed by atoms with Crippen molar-refractivity contribution in [3.63, 3.8) is 0 Å². The Morgan fingerprint density at radius 2 is 2.03 bits per heavy atom. The van der Waals surface area contributed by atoms with Gasteiger partial charge in [0.1, 0.15) is 5.39 Å². The Labute approximate surface area is 208 Å². The van der Waals surface area contributed by atoms with E-state index in [1.807, 2.05) is 49.4 Å². The number of oxime groups is 1. The molecule has 1 aliphatic carbocycles. The molecule has 2 aliphatic rings. The molecule has 186 valence electrons. The first kappa shape index (κ1) is 23.9. The zero-order valence-corrected chi connectivity index (χ0v) is 20.2. The van der Waals surface area contributed by atoms with E-state index in [4.69, 9.17) is 14.0 Å². The zero-order chi connectivity index (χ0) is 24.9. The van der Waals surface area contributed by atoms with Crippen molar-refractivity contribution >= 4 is 16.8 Å². The van der Waals surface area contributed by atoms with Crippen LogP contribution in [0.15, 0.2) is 79.9 Å². The maximum Gasteiger partial charge on any atom is 0.337 e. The average Bonchev–Trinajstić information content (AvgIpc) is 2.91. The maximum atomic E-state index is 12.8. The number of ether oxygens (including phenoxy) is 1. The van der Waals surface area contributed by atoms with Crippen LogP contribution in [0.2, 0.25) is 0 Å². The van der Waals surface area contributed by atoms with Crippen LogP contribution in [0.4, 0.5) is 0 Å². The Morgan fingerprint density at radius 3 is 2.81 bits per heavy atom. The molecule has 1 saturated heterocycles. The third kappa shape index (κ3) is 5.39. The highest BCUT2D eigenvalue weighted by atomic mass is 16.6. The molecule has 0 amide bonds. The predicted octanol–water partition coefficient (Wildman–Crippen LogP) is 5.01. The minimum Gasteiger partial charge on any atom is -0.403 e. The lowest BCUT2D eigenvalue weighted by atomic mass is 9.87. The van der Waals surface area contributed by atoms with Gasteiger partial charge in [-0.1, -0.05) is 73.1 Å². The molecule has 3 aromatic rings. The van der Waals surface area contributed by atoms with Crippen molar-refractivity contribution in [1.82, 2.24) is 9.97 Å². The van der Waals surface area contributed by atoms with Crippen LogP contribution in [0, 0.1) is 5.92 Å². The fraction of sp³-hybridized carbons (Fsp3) is 0.357. The molecule has 1 aliphatic heterocycles. The number of nitrogens with one attached hydrogen (secondary N) is 1. The third-order valence-corrected chi connectivity index (χ3v) is 6.60. The largest absolute Gasteiger partial charge is 0.403 e. The van der Waals surface area contributed by atoms with Gasteiger partial charge in [-0.3, -0.25) is 9.78 Å². The summed E-state index contributed by atoms with van der Waals surface area (Å²) in [6.07, 6.45) is 12.6. The standard InChI is InChI=1S/C28H29N3O5/c1-2-3-10-20-15-24(32)35-27-25(20)26(33)29-28(30-27)36-31-21-16-22(18-11-6-4-7-12-18)34-23(17-21)19-13-8-5-9-14-19/h4-9,11-13,15,19,22-23H,2-3,10,14,16-17H2,1H3,(H,29,30,33)/b31-21+/t19?,22-,23-/m0/s1. The van der Waals surface area contributed by atoms with Crippen molar-refractivity contribution in [2.45, 2.75) is 57.7 Å². The van der Waals surface area contributed by atoms with Crippen molar-refractivity contribution in [2.75, 3.05) is 0 Å². The van der Waals surface area contributed by atoms with Crippen LogP contribution >= 0.6 is 0 Å². The first-order valence-corrected chi connectivity index (χ1v) is 12.4. The van der Waals surface area contributed by atoms with Crippen LogP contribution in [0.3, 0.4) is 0 Å². The Morgan fingerprint density at radius 1 is 1.17 bits per heavy atom. The van der Waals surface area contributed by atoms with E-state index < -0.39 is 11.2 Å². The van der Waals surface area contributed by atoms with Crippen molar-refractivity contribution in [1.29, 1.82) is 0 Å². The van der Waals surface area contributed by atoms with E-state index in [-0.39, 0.29) is 35.2 Å². The highest BCUT2D eigenvalue weighted by Crippen LogP contribution is 2.35. The summed E-state index contributed by atoms with van der Waals surface area (Å²) in [6.45, 7) is 2.05. The van der Waals surface area contributed by atoms with Gasteiger partial charge < -0.3 is 14.0 Å². The SMILES string of the molecule is CCCCc1cc(=O)oc2nc(O/N=C3\C[C@@H](c4ccccc4)O[C@H](C4C=CC=CC4)C3)[nH]c(=O)c12. The summed E-state index contributed by atoms with van der Waals surface area (Å²) in [5, 5.41) is 4.63. The fourth-order valence-corrected chi connectivity index (χ4v) is 4.75. The quantitative estimate of drug-likeness (QED) is 0.470. The summed E-state index contributed by atoms with van der Waals surface area (Å²) in [5.74, 6) is 0.237. The molecular formula is C28H29N3O5. The van der Waals surface area contributed by atoms with Crippen LogP contribution < -0.4 is 16.0 Å². The second-order valence-electron chi connectivity index (χ2n) is 9.19. The number of hydrogen-bond acceptors (Lipinski definition) is 7. The van der Waals surface area contributed by atoms with Gasteiger partial charge >= 0.3 is 11.6 Å². The number of fused-ring (bicyclic) bond motifs is 1. The van der Waals surface area contributed by atoms with Gasteiger partial charge in [-0.15, -0.1) is 0 Å². The van der Waals surface area contributed by atoms with Crippen LogP contribution in [0.25, 0.3) is 11.1 Å². The molecule has 8 heteroatoms. The van der Waals surface area contributed by atoms with Crippen molar-refractivity contribution in [3.8, 4) is 6.01 Å². The predicted molar refractivity (Wildman–Crippen MR) is 137 cm³/mol. The number of rotatable bonds is 7. The van der Waals surface area contributed by atoms with Crippen LogP contribution in [-0.2, 0) is 11.2 Å². The number of unbranched alkanes of at least 4 members (excludes halogenated alkanes) is 1. The highest BCUT2D eigenvalue weighted by Gasteiger charge is 2.32. The van der Waals surface area contributed by atoms with Gasteiger partial charge in [0.05, 0.1) is 17.9 Å². The Balaban J connectivity index is 1.42. The van der Waals surface area contributed by atoms with Crippen LogP contribution in [-0.4, -0.2) is 21.8 Å². The lowest BCUT2D eigenvalue weighted by Crippen LogP contribution is -2.34.